The van der Waals surface area contributed by atoms with E-state index >= 15 is 0 Å². The number of benzene rings is 1. The molecule has 0 heterocycles. The highest BCUT2D eigenvalue weighted by atomic mass is 16.5. The van der Waals surface area contributed by atoms with Gasteiger partial charge in [0.05, 0.1) is 6.61 Å². The Balaban J connectivity index is 2.73. The predicted octanol–water partition coefficient (Wildman–Crippen LogP) is 3.39. The number of hydrogen-bond donors (Lipinski definition) is 1. The molecule has 0 aliphatic heterocycles. The summed E-state index contributed by atoms with van der Waals surface area (Å²) in [6, 6.07) is 9.67. The molecule has 1 aromatic carbocycles. The van der Waals surface area contributed by atoms with Crippen LogP contribution in [0.2, 0.25) is 0 Å². The van der Waals surface area contributed by atoms with Gasteiger partial charge in [0, 0.05) is 25.2 Å². The van der Waals surface area contributed by atoms with Crippen LogP contribution in [0.25, 0.3) is 0 Å². The molecule has 0 amide bonds. The molecule has 1 rings (SSSR count). The third kappa shape index (κ3) is 6.16. The Morgan fingerprint density at radius 3 is 2.43 bits per heavy atom. The minimum absolute atomic E-state index is 0.358. The van der Waals surface area contributed by atoms with Crippen LogP contribution in [-0.2, 0) is 4.74 Å². The van der Waals surface area contributed by atoms with Crippen LogP contribution in [0, 0.1) is 6.92 Å². The van der Waals surface area contributed by atoms with Crippen LogP contribution in [0.15, 0.2) is 24.3 Å². The Labute approximate surface area is 130 Å². The molecule has 0 aromatic heterocycles. The van der Waals surface area contributed by atoms with Crippen LogP contribution in [0.4, 0.5) is 0 Å². The minimum Gasteiger partial charge on any atom is -0.380 e. The van der Waals surface area contributed by atoms with Gasteiger partial charge in [0.2, 0.25) is 0 Å². The second-order valence-electron chi connectivity index (χ2n) is 5.76. The molecule has 1 aromatic rings. The second kappa shape index (κ2) is 9.93. The first-order valence-corrected chi connectivity index (χ1v) is 8.18. The van der Waals surface area contributed by atoms with Crippen LogP contribution in [0.5, 0.6) is 0 Å². The molecule has 2 atom stereocenters. The maximum Gasteiger partial charge on any atom is 0.0593 e. The van der Waals surface area contributed by atoms with Crippen molar-refractivity contribution in [1.29, 1.82) is 0 Å². The topological polar surface area (TPSA) is 24.5 Å². The highest BCUT2D eigenvalue weighted by Crippen LogP contribution is 2.21. The van der Waals surface area contributed by atoms with Crippen molar-refractivity contribution in [3.8, 4) is 0 Å². The summed E-state index contributed by atoms with van der Waals surface area (Å²) in [5.74, 6) is 0. The van der Waals surface area contributed by atoms with Crippen molar-refractivity contribution in [3.05, 3.63) is 35.4 Å². The second-order valence-corrected chi connectivity index (χ2v) is 5.76. The first-order valence-electron chi connectivity index (χ1n) is 8.18. The molecule has 120 valence electrons. The van der Waals surface area contributed by atoms with Gasteiger partial charge in [0.1, 0.15) is 0 Å². The van der Waals surface area contributed by atoms with Gasteiger partial charge in [-0.2, -0.15) is 0 Å². The van der Waals surface area contributed by atoms with Crippen molar-refractivity contribution < 1.29 is 4.74 Å². The highest BCUT2D eigenvalue weighted by Gasteiger charge is 2.21. The molecule has 0 fully saturated rings. The SMILES string of the molecule is CCCNC(c1ccc(C)cc1)C(C)N(C)CCOCC. The standard InChI is InChI=1S/C18H32N2O/c1-6-12-19-18(17-10-8-15(3)9-11-17)16(4)20(5)13-14-21-7-2/h8-11,16,18-19H,6-7,12-14H2,1-5H3. The molecule has 3 heteroatoms. The lowest BCUT2D eigenvalue weighted by Crippen LogP contribution is -2.42. The van der Waals surface area contributed by atoms with Crippen molar-refractivity contribution in [2.75, 3.05) is 33.4 Å². The van der Waals surface area contributed by atoms with Gasteiger partial charge < -0.3 is 10.1 Å². The fraction of sp³-hybridized carbons (Fsp3) is 0.667. The van der Waals surface area contributed by atoms with Gasteiger partial charge in [-0.1, -0.05) is 36.8 Å². The quantitative estimate of drug-likeness (QED) is 0.669. The van der Waals surface area contributed by atoms with Crippen molar-refractivity contribution in [1.82, 2.24) is 10.2 Å². The Bertz CT molecular complexity index is 377. The van der Waals surface area contributed by atoms with E-state index in [0.29, 0.717) is 12.1 Å². The van der Waals surface area contributed by atoms with Crippen LogP contribution in [0.1, 0.15) is 44.4 Å². The molecule has 21 heavy (non-hydrogen) atoms. The molecule has 0 bridgehead atoms. The van der Waals surface area contributed by atoms with E-state index in [2.05, 4.69) is 62.3 Å². The third-order valence-corrected chi connectivity index (χ3v) is 4.02. The van der Waals surface area contributed by atoms with Crippen LogP contribution >= 0.6 is 0 Å². The van der Waals surface area contributed by atoms with Gasteiger partial charge in [-0.25, -0.2) is 0 Å². The maximum atomic E-state index is 5.47. The predicted molar refractivity (Wildman–Crippen MR) is 90.8 cm³/mol. The Kier molecular flexibility index (Phi) is 8.58. The summed E-state index contributed by atoms with van der Waals surface area (Å²) in [4.78, 5) is 2.38. The van der Waals surface area contributed by atoms with Gasteiger partial charge in [0.15, 0.2) is 0 Å². The Morgan fingerprint density at radius 1 is 1.19 bits per heavy atom. The molecule has 0 aliphatic carbocycles. The van der Waals surface area contributed by atoms with Crippen molar-refractivity contribution in [3.63, 3.8) is 0 Å². The summed E-state index contributed by atoms with van der Waals surface area (Å²) >= 11 is 0. The van der Waals surface area contributed by atoms with Crippen LogP contribution in [-0.4, -0.2) is 44.3 Å². The minimum atomic E-state index is 0.358. The number of likely N-dealkylation sites (N-methyl/N-ethyl adjacent to an activating group) is 1. The monoisotopic (exact) mass is 292 g/mol. The van der Waals surface area contributed by atoms with E-state index in [0.717, 1.165) is 32.7 Å². The molecule has 0 aliphatic rings. The lowest BCUT2D eigenvalue weighted by atomic mass is 9.98. The smallest absolute Gasteiger partial charge is 0.0593 e. The molecular formula is C18H32N2O. The van der Waals surface area contributed by atoms with Crippen LogP contribution < -0.4 is 5.32 Å². The zero-order chi connectivity index (χ0) is 15.7. The largest absolute Gasteiger partial charge is 0.380 e. The number of hydrogen-bond acceptors (Lipinski definition) is 3. The third-order valence-electron chi connectivity index (χ3n) is 4.02. The van der Waals surface area contributed by atoms with E-state index in [-0.39, 0.29) is 0 Å². The maximum absolute atomic E-state index is 5.47. The normalized spacial score (nSPS) is 14.4. The highest BCUT2D eigenvalue weighted by molar-refractivity contribution is 5.25. The van der Waals surface area contributed by atoms with Gasteiger partial charge in [-0.3, -0.25) is 4.90 Å². The number of aryl methyl sites for hydroxylation is 1. The van der Waals surface area contributed by atoms with Crippen molar-refractivity contribution in [2.45, 2.75) is 46.2 Å². The zero-order valence-electron chi connectivity index (χ0n) is 14.4. The van der Waals surface area contributed by atoms with Crippen molar-refractivity contribution in [2.24, 2.45) is 0 Å². The first kappa shape index (κ1) is 18.1. The molecule has 3 nitrogen and oxygen atoms in total. The summed E-state index contributed by atoms with van der Waals surface area (Å²) < 4.78 is 5.47. The van der Waals surface area contributed by atoms with Gasteiger partial charge >= 0.3 is 0 Å². The van der Waals surface area contributed by atoms with Crippen LogP contribution in [0.3, 0.4) is 0 Å². The van der Waals surface area contributed by atoms with Crippen molar-refractivity contribution >= 4 is 0 Å². The van der Waals surface area contributed by atoms with E-state index in [1.54, 1.807) is 0 Å². The lowest BCUT2D eigenvalue weighted by molar-refractivity contribution is 0.101. The van der Waals surface area contributed by atoms with E-state index < -0.39 is 0 Å². The summed E-state index contributed by atoms with van der Waals surface area (Å²) in [6.07, 6.45) is 1.15. The summed E-state index contributed by atoms with van der Waals surface area (Å²) in [7, 11) is 2.18. The average molecular weight is 292 g/mol. The van der Waals surface area contributed by atoms with E-state index in [1.807, 2.05) is 6.92 Å². The van der Waals surface area contributed by atoms with Gasteiger partial charge in [0.25, 0.3) is 0 Å². The molecule has 0 saturated carbocycles. The molecule has 1 N–H and O–H groups in total. The van der Waals surface area contributed by atoms with Gasteiger partial charge in [-0.15, -0.1) is 0 Å². The Hall–Kier alpha value is -0.900. The molecule has 2 unspecified atom stereocenters. The van der Waals surface area contributed by atoms with E-state index in [4.69, 9.17) is 4.74 Å². The molecule has 0 saturated heterocycles. The van der Waals surface area contributed by atoms with Gasteiger partial charge in [-0.05, 0) is 46.3 Å². The number of nitrogens with one attached hydrogen (secondary N) is 1. The molecule has 0 spiro atoms. The average Bonchev–Trinajstić information content (AvgIpc) is 2.49. The number of ether oxygens (including phenoxy) is 1. The van der Waals surface area contributed by atoms with E-state index in [9.17, 15) is 0 Å². The first-order chi connectivity index (χ1) is 10.1. The fourth-order valence-corrected chi connectivity index (χ4v) is 2.45. The fourth-order valence-electron chi connectivity index (χ4n) is 2.45. The number of nitrogens with zero attached hydrogens (tertiary/aromatic N) is 1. The van der Waals surface area contributed by atoms with E-state index in [1.165, 1.54) is 11.1 Å². The molecular weight excluding hydrogens is 260 g/mol. The molecule has 0 radical (unpaired) electrons. The Morgan fingerprint density at radius 2 is 1.86 bits per heavy atom. The summed E-state index contributed by atoms with van der Waals surface area (Å²) in [5.41, 5.74) is 2.68. The lowest BCUT2D eigenvalue weighted by Gasteiger charge is -2.33. The zero-order valence-corrected chi connectivity index (χ0v) is 14.4. The summed E-state index contributed by atoms with van der Waals surface area (Å²) in [6.45, 7) is 12.3. The summed E-state index contributed by atoms with van der Waals surface area (Å²) in [5, 5.41) is 3.69. The number of rotatable bonds is 10.